The summed E-state index contributed by atoms with van der Waals surface area (Å²) in [6.07, 6.45) is 2.76. The number of alkyl carbamates (subject to hydrolysis) is 1. The largest absolute Gasteiger partial charge is 0.480 e. The first-order valence-electron chi connectivity index (χ1n) is 8.08. The Morgan fingerprint density at radius 2 is 2.00 bits per heavy atom. The van der Waals surface area contributed by atoms with Crippen molar-refractivity contribution < 1.29 is 19.4 Å². The van der Waals surface area contributed by atoms with Crippen LogP contribution in [0.15, 0.2) is 30.3 Å². The summed E-state index contributed by atoms with van der Waals surface area (Å²) in [5, 5.41) is 11.7. The molecule has 126 valence electrons. The van der Waals surface area contributed by atoms with Crippen LogP contribution in [0.5, 0.6) is 0 Å². The van der Waals surface area contributed by atoms with Gasteiger partial charge in [0.25, 0.3) is 0 Å². The number of benzene rings is 1. The van der Waals surface area contributed by atoms with Crippen molar-refractivity contribution in [2.45, 2.75) is 52.2 Å². The number of carboxylic acid groups (broad SMARTS) is 1. The second kappa shape index (κ2) is 7.49. The van der Waals surface area contributed by atoms with Crippen LogP contribution in [0.3, 0.4) is 0 Å². The first kappa shape index (κ1) is 17.3. The topological polar surface area (TPSA) is 75.6 Å². The summed E-state index contributed by atoms with van der Waals surface area (Å²) >= 11 is 0. The highest BCUT2D eigenvalue weighted by Crippen LogP contribution is 2.54. The van der Waals surface area contributed by atoms with Crippen LogP contribution in [0.25, 0.3) is 0 Å². The average molecular weight is 319 g/mol. The summed E-state index contributed by atoms with van der Waals surface area (Å²) in [5.74, 6) is -0.335. The molecular formula is C18H25NO4. The number of hydrogen-bond acceptors (Lipinski definition) is 3. The second-order valence-corrected chi connectivity index (χ2v) is 6.92. The molecule has 1 aliphatic carbocycles. The minimum absolute atomic E-state index is 0.134. The number of aliphatic carboxylic acids is 1. The van der Waals surface area contributed by atoms with Crippen molar-refractivity contribution in [3.8, 4) is 0 Å². The number of carboxylic acids is 1. The van der Waals surface area contributed by atoms with Gasteiger partial charge in [-0.15, -0.1) is 0 Å². The average Bonchev–Trinajstić information content (AvgIpc) is 3.12. The van der Waals surface area contributed by atoms with Gasteiger partial charge in [0, 0.05) is 0 Å². The summed E-state index contributed by atoms with van der Waals surface area (Å²) in [7, 11) is 0. The third-order valence-corrected chi connectivity index (χ3v) is 4.57. The van der Waals surface area contributed by atoms with Gasteiger partial charge in [-0.05, 0) is 36.2 Å². The Labute approximate surface area is 137 Å². The number of carbonyl (C=O) groups excluding carboxylic acids is 1. The van der Waals surface area contributed by atoms with E-state index in [1.54, 1.807) is 0 Å². The highest BCUT2D eigenvalue weighted by molar-refractivity contribution is 5.79. The zero-order chi connectivity index (χ0) is 16.9. The molecule has 2 N–H and O–H groups in total. The van der Waals surface area contributed by atoms with Gasteiger partial charge in [-0.25, -0.2) is 9.59 Å². The molecule has 1 aromatic carbocycles. The van der Waals surface area contributed by atoms with E-state index in [4.69, 9.17) is 4.74 Å². The summed E-state index contributed by atoms with van der Waals surface area (Å²) in [5.41, 5.74) is 1.27. The first-order valence-corrected chi connectivity index (χ1v) is 8.08. The molecule has 0 radical (unpaired) electrons. The van der Waals surface area contributed by atoms with E-state index in [-0.39, 0.29) is 6.61 Å². The lowest BCUT2D eigenvalue weighted by Crippen LogP contribution is -2.41. The standard InChI is InChI=1S/C18H25NO4/c1-18(2)11-14(18)9-6-10-15(16(20)21)19-17(22)23-12-13-7-4-3-5-8-13/h3-5,7-8,14-15H,6,9-12H2,1-2H3,(H,19,22)(H,20,21). The number of amides is 1. The molecule has 1 saturated carbocycles. The molecule has 23 heavy (non-hydrogen) atoms. The Morgan fingerprint density at radius 1 is 1.35 bits per heavy atom. The molecule has 0 aliphatic heterocycles. The van der Waals surface area contributed by atoms with Crippen molar-refractivity contribution >= 4 is 12.1 Å². The third-order valence-electron chi connectivity index (χ3n) is 4.57. The van der Waals surface area contributed by atoms with Gasteiger partial charge < -0.3 is 15.2 Å². The van der Waals surface area contributed by atoms with E-state index in [9.17, 15) is 14.7 Å². The van der Waals surface area contributed by atoms with E-state index in [1.165, 1.54) is 6.42 Å². The van der Waals surface area contributed by atoms with Gasteiger partial charge in [0.1, 0.15) is 12.6 Å². The van der Waals surface area contributed by atoms with E-state index in [0.717, 1.165) is 18.4 Å². The van der Waals surface area contributed by atoms with Crippen molar-refractivity contribution in [1.29, 1.82) is 0 Å². The van der Waals surface area contributed by atoms with Crippen molar-refractivity contribution in [3.63, 3.8) is 0 Å². The highest BCUT2D eigenvalue weighted by atomic mass is 16.5. The Morgan fingerprint density at radius 3 is 2.57 bits per heavy atom. The fourth-order valence-corrected chi connectivity index (χ4v) is 2.80. The minimum Gasteiger partial charge on any atom is -0.480 e. The maximum Gasteiger partial charge on any atom is 0.408 e. The normalized spacial score (nSPS) is 19.7. The second-order valence-electron chi connectivity index (χ2n) is 6.92. The van der Waals surface area contributed by atoms with Crippen LogP contribution < -0.4 is 5.32 Å². The van der Waals surface area contributed by atoms with E-state index >= 15 is 0 Å². The molecule has 0 aromatic heterocycles. The molecule has 5 heteroatoms. The molecule has 0 saturated heterocycles. The Balaban J connectivity index is 1.70. The predicted molar refractivity (Wildman–Crippen MR) is 86.9 cm³/mol. The van der Waals surface area contributed by atoms with Gasteiger partial charge in [-0.3, -0.25) is 0 Å². The van der Waals surface area contributed by atoms with Crippen LogP contribution in [-0.2, 0) is 16.1 Å². The number of nitrogens with one attached hydrogen (secondary N) is 1. The fourth-order valence-electron chi connectivity index (χ4n) is 2.80. The van der Waals surface area contributed by atoms with Crippen molar-refractivity contribution in [1.82, 2.24) is 5.32 Å². The van der Waals surface area contributed by atoms with Gasteiger partial charge in [-0.1, -0.05) is 50.6 Å². The Kier molecular flexibility index (Phi) is 5.64. The first-order chi connectivity index (χ1) is 10.9. The lowest BCUT2D eigenvalue weighted by atomic mass is 10.0. The number of hydrogen-bond donors (Lipinski definition) is 2. The van der Waals surface area contributed by atoms with E-state index in [0.29, 0.717) is 17.8 Å². The maximum absolute atomic E-state index is 11.7. The lowest BCUT2D eigenvalue weighted by molar-refractivity contribution is -0.139. The third kappa shape index (κ3) is 5.58. The van der Waals surface area contributed by atoms with Crippen LogP contribution in [0.2, 0.25) is 0 Å². The van der Waals surface area contributed by atoms with Crippen molar-refractivity contribution in [2.75, 3.05) is 0 Å². The summed E-state index contributed by atoms with van der Waals surface area (Å²) in [6, 6.07) is 8.40. The molecule has 0 spiro atoms. The molecule has 5 nitrogen and oxygen atoms in total. The quantitative estimate of drug-likeness (QED) is 0.768. The molecule has 2 rings (SSSR count). The van der Waals surface area contributed by atoms with Gasteiger partial charge >= 0.3 is 12.1 Å². The number of rotatable bonds is 8. The molecule has 2 atom stereocenters. The predicted octanol–water partition coefficient (Wildman–Crippen LogP) is 3.58. The van der Waals surface area contributed by atoms with Crippen molar-refractivity contribution in [3.05, 3.63) is 35.9 Å². The smallest absolute Gasteiger partial charge is 0.408 e. The fraction of sp³-hybridized carbons (Fsp3) is 0.556. The minimum atomic E-state index is -1.02. The molecule has 1 aromatic rings. The Bertz CT molecular complexity index is 541. The van der Waals surface area contributed by atoms with Gasteiger partial charge in [0.05, 0.1) is 0 Å². The van der Waals surface area contributed by atoms with Crippen LogP contribution in [0.1, 0.15) is 45.1 Å². The van der Waals surface area contributed by atoms with Gasteiger partial charge in [-0.2, -0.15) is 0 Å². The summed E-state index contributed by atoms with van der Waals surface area (Å²) < 4.78 is 5.07. The van der Waals surface area contributed by atoms with Gasteiger partial charge in [0.15, 0.2) is 0 Å². The zero-order valence-electron chi connectivity index (χ0n) is 13.7. The highest BCUT2D eigenvalue weighted by Gasteiger charge is 2.44. The van der Waals surface area contributed by atoms with Crippen LogP contribution in [-0.4, -0.2) is 23.2 Å². The molecule has 2 unspecified atom stereocenters. The van der Waals surface area contributed by atoms with E-state index < -0.39 is 18.1 Å². The Hall–Kier alpha value is -2.04. The molecular weight excluding hydrogens is 294 g/mol. The molecule has 1 aliphatic rings. The van der Waals surface area contributed by atoms with E-state index in [1.807, 2.05) is 30.3 Å². The molecule has 1 fully saturated rings. The SMILES string of the molecule is CC1(C)CC1CCCC(NC(=O)OCc1ccccc1)C(=O)O. The van der Waals surface area contributed by atoms with Gasteiger partial charge in [0.2, 0.25) is 0 Å². The maximum atomic E-state index is 11.7. The van der Waals surface area contributed by atoms with Crippen LogP contribution in [0, 0.1) is 11.3 Å². The van der Waals surface area contributed by atoms with Crippen molar-refractivity contribution in [2.24, 2.45) is 11.3 Å². The summed E-state index contributed by atoms with van der Waals surface area (Å²) in [6.45, 7) is 4.59. The zero-order valence-corrected chi connectivity index (χ0v) is 13.7. The number of ether oxygens (including phenoxy) is 1. The lowest BCUT2D eigenvalue weighted by Gasteiger charge is -2.14. The van der Waals surface area contributed by atoms with Crippen LogP contribution >= 0.6 is 0 Å². The summed E-state index contributed by atoms with van der Waals surface area (Å²) in [4.78, 5) is 23.0. The molecule has 0 heterocycles. The van der Waals surface area contributed by atoms with Crippen LogP contribution in [0.4, 0.5) is 4.79 Å². The molecule has 0 bridgehead atoms. The number of carbonyl (C=O) groups is 2. The van der Waals surface area contributed by atoms with E-state index in [2.05, 4.69) is 19.2 Å². The monoisotopic (exact) mass is 319 g/mol. The molecule has 1 amide bonds.